The molecule has 0 spiro atoms. The topological polar surface area (TPSA) is 35.5 Å². The number of carbonyl (C=O) groups excluding carboxylic acids is 1. The number of rotatable bonds is 2. The van der Waals surface area contributed by atoms with Gasteiger partial charge in [-0.2, -0.15) is 0 Å². The summed E-state index contributed by atoms with van der Waals surface area (Å²) < 4.78 is 10.9. The molecule has 0 radical (unpaired) electrons. The number of carbonyl (C=O) groups is 1. The molecule has 0 bridgehead atoms. The molecule has 1 heterocycles. The van der Waals surface area contributed by atoms with Crippen molar-refractivity contribution in [1.29, 1.82) is 0 Å². The third kappa shape index (κ3) is 1.95. The molecule has 0 aromatic rings. The third-order valence-electron chi connectivity index (χ3n) is 3.91. The van der Waals surface area contributed by atoms with E-state index in [0.717, 1.165) is 12.8 Å². The third-order valence-corrected chi connectivity index (χ3v) is 3.91. The Kier molecular flexibility index (Phi) is 2.86. The Hall–Kier alpha value is -0.410. The van der Waals surface area contributed by atoms with E-state index in [9.17, 15) is 4.79 Å². The summed E-state index contributed by atoms with van der Waals surface area (Å²) in [6, 6.07) is 0. The summed E-state index contributed by atoms with van der Waals surface area (Å²) in [7, 11) is 0. The van der Waals surface area contributed by atoms with Gasteiger partial charge in [-0.25, -0.2) is 0 Å². The van der Waals surface area contributed by atoms with Crippen LogP contribution in [0.15, 0.2) is 0 Å². The molecule has 2 rings (SSSR count). The number of ether oxygens (including phenoxy) is 2. The maximum atomic E-state index is 11.9. The predicted molar refractivity (Wildman–Crippen MR) is 56.4 cm³/mol. The lowest BCUT2D eigenvalue weighted by Gasteiger charge is -2.26. The van der Waals surface area contributed by atoms with Crippen LogP contribution in [-0.4, -0.2) is 25.3 Å². The van der Waals surface area contributed by atoms with E-state index in [0.29, 0.717) is 24.9 Å². The second kappa shape index (κ2) is 3.87. The van der Waals surface area contributed by atoms with E-state index in [2.05, 4.69) is 13.8 Å². The van der Waals surface area contributed by atoms with Gasteiger partial charge in [0.25, 0.3) is 0 Å². The van der Waals surface area contributed by atoms with Crippen molar-refractivity contribution in [3.63, 3.8) is 0 Å². The van der Waals surface area contributed by atoms with E-state index in [1.165, 1.54) is 0 Å². The van der Waals surface area contributed by atoms with E-state index in [4.69, 9.17) is 9.47 Å². The molecule has 0 aromatic heterocycles. The molecule has 3 nitrogen and oxygen atoms in total. The van der Waals surface area contributed by atoms with Gasteiger partial charge in [0.15, 0.2) is 6.29 Å². The van der Waals surface area contributed by atoms with E-state index >= 15 is 0 Å². The first-order valence-electron chi connectivity index (χ1n) is 5.79. The van der Waals surface area contributed by atoms with Crippen LogP contribution in [0.2, 0.25) is 0 Å². The van der Waals surface area contributed by atoms with Crippen molar-refractivity contribution in [2.24, 2.45) is 17.3 Å². The van der Waals surface area contributed by atoms with Gasteiger partial charge in [0.05, 0.1) is 13.2 Å². The van der Waals surface area contributed by atoms with Crippen LogP contribution in [-0.2, 0) is 14.3 Å². The fraction of sp³-hybridized carbons (Fsp3) is 0.917. The summed E-state index contributed by atoms with van der Waals surface area (Å²) >= 11 is 0. The molecular formula is C12H20O3. The van der Waals surface area contributed by atoms with Crippen molar-refractivity contribution in [3.8, 4) is 0 Å². The highest BCUT2D eigenvalue weighted by Crippen LogP contribution is 2.45. The molecule has 1 saturated heterocycles. The van der Waals surface area contributed by atoms with Crippen LogP contribution >= 0.6 is 0 Å². The SMILES string of the molecule is CC1CC(CC2OCCO2)C(C)(C)C1=O. The Bertz CT molecular complexity index is 254. The van der Waals surface area contributed by atoms with Gasteiger partial charge < -0.3 is 9.47 Å². The summed E-state index contributed by atoms with van der Waals surface area (Å²) in [5, 5.41) is 0. The average Bonchev–Trinajstić information content (AvgIpc) is 2.73. The van der Waals surface area contributed by atoms with Gasteiger partial charge in [0.1, 0.15) is 5.78 Å². The molecule has 3 heteroatoms. The van der Waals surface area contributed by atoms with E-state index in [-0.39, 0.29) is 17.6 Å². The monoisotopic (exact) mass is 212 g/mol. The van der Waals surface area contributed by atoms with Crippen LogP contribution < -0.4 is 0 Å². The average molecular weight is 212 g/mol. The van der Waals surface area contributed by atoms with Crippen molar-refractivity contribution >= 4 is 5.78 Å². The van der Waals surface area contributed by atoms with Crippen molar-refractivity contribution in [2.45, 2.75) is 39.9 Å². The molecule has 2 fully saturated rings. The fourth-order valence-corrected chi connectivity index (χ4v) is 2.83. The maximum absolute atomic E-state index is 11.9. The molecule has 0 N–H and O–H groups in total. The largest absolute Gasteiger partial charge is 0.350 e. The molecular weight excluding hydrogens is 192 g/mol. The van der Waals surface area contributed by atoms with Crippen LogP contribution in [0.5, 0.6) is 0 Å². The zero-order valence-corrected chi connectivity index (χ0v) is 9.79. The Labute approximate surface area is 91.1 Å². The standard InChI is InChI=1S/C12H20O3/c1-8-6-9(12(2,3)11(8)13)7-10-14-4-5-15-10/h8-10H,4-7H2,1-3H3. The fourth-order valence-electron chi connectivity index (χ4n) is 2.83. The predicted octanol–water partition coefficient (Wildman–Crippen LogP) is 2.00. The van der Waals surface area contributed by atoms with Gasteiger partial charge in [-0.05, 0) is 12.3 Å². The molecule has 1 aliphatic carbocycles. The van der Waals surface area contributed by atoms with Crippen LogP contribution in [0, 0.1) is 17.3 Å². The molecule has 1 saturated carbocycles. The smallest absolute Gasteiger partial charge is 0.158 e. The molecule has 1 aliphatic heterocycles. The lowest BCUT2D eigenvalue weighted by molar-refractivity contribution is -0.129. The molecule has 0 amide bonds. The highest BCUT2D eigenvalue weighted by molar-refractivity contribution is 5.88. The molecule has 2 aliphatic rings. The van der Waals surface area contributed by atoms with E-state index in [1.807, 2.05) is 6.92 Å². The number of Topliss-reactive ketones (excluding diaryl/α,β-unsaturated/α-hetero) is 1. The minimum absolute atomic E-state index is 0.0765. The zero-order valence-electron chi connectivity index (χ0n) is 9.79. The van der Waals surface area contributed by atoms with Crippen LogP contribution in [0.1, 0.15) is 33.6 Å². The number of hydrogen-bond acceptors (Lipinski definition) is 3. The minimum atomic E-state index is -0.200. The van der Waals surface area contributed by atoms with Gasteiger partial charge in [0, 0.05) is 17.8 Å². The van der Waals surface area contributed by atoms with Gasteiger partial charge in [-0.15, -0.1) is 0 Å². The normalized spacial score (nSPS) is 36.3. The summed E-state index contributed by atoms with van der Waals surface area (Å²) in [6.07, 6.45) is 1.77. The van der Waals surface area contributed by atoms with E-state index < -0.39 is 0 Å². The lowest BCUT2D eigenvalue weighted by Crippen LogP contribution is -2.29. The molecule has 15 heavy (non-hydrogen) atoms. The van der Waals surface area contributed by atoms with E-state index in [1.54, 1.807) is 0 Å². The van der Waals surface area contributed by atoms with Gasteiger partial charge in [-0.1, -0.05) is 20.8 Å². The first-order chi connectivity index (χ1) is 7.01. The van der Waals surface area contributed by atoms with Crippen molar-refractivity contribution < 1.29 is 14.3 Å². The first-order valence-corrected chi connectivity index (χ1v) is 5.79. The minimum Gasteiger partial charge on any atom is -0.350 e. The summed E-state index contributed by atoms with van der Waals surface area (Å²) in [5.41, 5.74) is -0.200. The summed E-state index contributed by atoms with van der Waals surface area (Å²) in [5.74, 6) is 1.000. The second-order valence-electron chi connectivity index (χ2n) is 5.33. The van der Waals surface area contributed by atoms with Crippen molar-refractivity contribution in [3.05, 3.63) is 0 Å². The Morgan fingerprint density at radius 1 is 1.33 bits per heavy atom. The van der Waals surface area contributed by atoms with Crippen molar-refractivity contribution in [1.82, 2.24) is 0 Å². The highest BCUT2D eigenvalue weighted by Gasteiger charge is 2.47. The van der Waals surface area contributed by atoms with Crippen LogP contribution in [0.3, 0.4) is 0 Å². The van der Waals surface area contributed by atoms with Crippen LogP contribution in [0.25, 0.3) is 0 Å². The zero-order chi connectivity index (χ0) is 11.1. The Morgan fingerprint density at radius 3 is 2.40 bits per heavy atom. The molecule has 0 aromatic carbocycles. The number of hydrogen-bond donors (Lipinski definition) is 0. The van der Waals surface area contributed by atoms with Gasteiger partial charge >= 0.3 is 0 Å². The molecule has 2 unspecified atom stereocenters. The van der Waals surface area contributed by atoms with Crippen LogP contribution in [0.4, 0.5) is 0 Å². The van der Waals surface area contributed by atoms with Gasteiger partial charge in [-0.3, -0.25) is 4.79 Å². The highest BCUT2D eigenvalue weighted by atomic mass is 16.7. The lowest BCUT2D eigenvalue weighted by atomic mass is 9.79. The van der Waals surface area contributed by atoms with Crippen molar-refractivity contribution in [2.75, 3.05) is 13.2 Å². The summed E-state index contributed by atoms with van der Waals surface area (Å²) in [4.78, 5) is 11.9. The Morgan fingerprint density at radius 2 is 1.93 bits per heavy atom. The first kappa shape index (κ1) is 11.1. The second-order valence-corrected chi connectivity index (χ2v) is 5.33. The van der Waals surface area contributed by atoms with Gasteiger partial charge in [0.2, 0.25) is 0 Å². The number of ketones is 1. The molecule has 2 atom stereocenters. The maximum Gasteiger partial charge on any atom is 0.158 e. The summed E-state index contributed by atoms with van der Waals surface area (Å²) in [6.45, 7) is 7.53. The quantitative estimate of drug-likeness (QED) is 0.702. The Balaban J connectivity index is 2.00. The molecule has 86 valence electrons.